The van der Waals surface area contributed by atoms with Gasteiger partial charge in [0, 0.05) is 58.0 Å². The standard InChI is InChI=1S/C30H32N6O3S/c1-20-5-8-25(9-6-20)40(37,38)35-19-28(22-7-10-29(39-4)31-16-22)26-15-23(17-32-30(26)35)27-18-33-36(21(27)2)24-11-13-34(3)14-12-24/h5-10,15-19,24H,11-14H2,1-4H3. The molecule has 1 aromatic carbocycles. The Morgan fingerprint density at radius 2 is 1.62 bits per heavy atom. The number of ether oxygens (including phenoxy) is 1. The number of likely N-dealkylation sites (tertiary alicyclic amines) is 1. The molecule has 0 spiro atoms. The molecule has 0 N–H and O–H groups in total. The molecule has 4 aromatic heterocycles. The van der Waals surface area contributed by atoms with E-state index in [0.717, 1.165) is 59.4 Å². The first-order chi connectivity index (χ1) is 19.3. The SMILES string of the molecule is COc1ccc(-c2cn(S(=O)(=O)c3ccc(C)cc3)c3ncc(-c4cnn(C5CCN(C)CC5)c4C)cc23)cn1. The topological polar surface area (TPSA) is 95.1 Å². The van der Waals surface area contributed by atoms with Crippen molar-refractivity contribution in [1.82, 2.24) is 28.6 Å². The first kappa shape index (κ1) is 26.2. The van der Waals surface area contributed by atoms with E-state index >= 15 is 0 Å². The minimum atomic E-state index is -3.89. The van der Waals surface area contributed by atoms with Crippen molar-refractivity contribution in [2.45, 2.75) is 37.6 Å². The number of pyridine rings is 2. The maximum Gasteiger partial charge on any atom is 0.269 e. The quantitative estimate of drug-likeness (QED) is 0.287. The first-order valence-corrected chi connectivity index (χ1v) is 14.8. The molecule has 0 unspecified atom stereocenters. The summed E-state index contributed by atoms with van der Waals surface area (Å²) >= 11 is 0. The predicted molar refractivity (Wildman–Crippen MR) is 155 cm³/mol. The Labute approximate surface area is 234 Å². The van der Waals surface area contributed by atoms with Crippen LogP contribution in [0.1, 0.15) is 30.1 Å². The third-order valence-corrected chi connectivity index (χ3v) is 9.50. The molecule has 40 heavy (non-hydrogen) atoms. The average molecular weight is 557 g/mol. The molecule has 1 aliphatic rings. The zero-order chi connectivity index (χ0) is 28.0. The van der Waals surface area contributed by atoms with Crippen molar-refractivity contribution in [1.29, 1.82) is 0 Å². The van der Waals surface area contributed by atoms with E-state index in [-0.39, 0.29) is 4.90 Å². The highest BCUT2D eigenvalue weighted by atomic mass is 32.2. The Kier molecular flexibility index (Phi) is 6.67. The van der Waals surface area contributed by atoms with Crippen molar-refractivity contribution in [3.8, 4) is 28.1 Å². The fourth-order valence-electron chi connectivity index (χ4n) is 5.44. The number of fused-ring (bicyclic) bond motifs is 1. The minimum Gasteiger partial charge on any atom is -0.481 e. The summed E-state index contributed by atoms with van der Waals surface area (Å²) in [6.07, 6.45) is 9.07. The molecule has 0 atom stereocenters. The number of methoxy groups -OCH3 is 1. The molecule has 0 bridgehead atoms. The monoisotopic (exact) mass is 556 g/mol. The Hall–Kier alpha value is -4.02. The lowest BCUT2D eigenvalue weighted by Crippen LogP contribution is -2.32. The number of piperidine rings is 1. The van der Waals surface area contributed by atoms with Gasteiger partial charge in [-0.2, -0.15) is 5.10 Å². The van der Waals surface area contributed by atoms with Gasteiger partial charge < -0.3 is 9.64 Å². The van der Waals surface area contributed by atoms with Gasteiger partial charge in [0.1, 0.15) is 0 Å². The van der Waals surface area contributed by atoms with Crippen LogP contribution in [0.5, 0.6) is 5.88 Å². The molecule has 206 valence electrons. The van der Waals surface area contributed by atoms with Crippen LogP contribution < -0.4 is 4.74 Å². The number of hydrogen-bond donors (Lipinski definition) is 0. The largest absolute Gasteiger partial charge is 0.481 e. The molecule has 1 fully saturated rings. The maximum absolute atomic E-state index is 13.8. The van der Waals surface area contributed by atoms with E-state index in [0.29, 0.717) is 23.0 Å². The number of benzene rings is 1. The molecule has 6 rings (SSSR count). The second kappa shape index (κ2) is 10.2. The Balaban J connectivity index is 1.49. The summed E-state index contributed by atoms with van der Waals surface area (Å²) in [5, 5.41) is 5.47. The van der Waals surface area contributed by atoms with Crippen molar-refractivity contribution >= 4 is 21.1 Å². The van der Waals surface area contributed by atoms with Crippen LogP contribution in [-0.2, 0) is 10.0 Å². The summed E-state index contributed by atoms with van der Waals surface area (Å²) in [4.78, 5) is 11.6. The van der Waals surface area contributed by atoms with Gasteiger partial charge >= 0.3 is 0 Å². The van der Waals surface area contributed by atoms with E-state index in [4.69, 9.17) is 14.8 Å². The predicted octanol–water partition coefficient (Wildman–Crippen LogP) is 5.09. The van der Waals surface area contributed by atoms with Gasteiger partial charge in [-0.1, -0.05) is 17.7 Å². The number of rotatable bonds is 6. The lowest BCUT2D eigenvalue weighted by Gasteiger charge is -2.29. The van der Waals surface area contributed by atoms with E-state index < -0.39 is 10.0 Å². The average Bonchev–Trinajstić information content (AvgIpc) is 3.54. The van der Waals surface area contributed by atoms with Crippen LogP contribution in [0.4, 0.5) is 0 Å². The zero-order valence-corrected chi connectivity index (χ0v) is 23.9. The highest BCUT2D eigenvalue weighted by Crippen LogP contribution is 2.36. The van der Waals surface area contributed by atoms with E-state index in [9.17, 15) is 8.42 Å². The summed E-state index contributed by atoms with van der Waals surface area (Å²) in [7, 11) is -0.180. The van der Waals surface area contributed by atoms with Gasteiger partial charge in [-0.15, -0.1) is 0 Å². The third kappa shape index (κ3) is 4.56. The minimum absolute atomic E-state index is 0.204. The lowest BCUT2D eigenvalue weighted by molar-refractivity contribution is 0.210. The smallest absolute Gasteiger partial charge is 0.269 e. The van der Waals surface area contributed by atoms with Gasteiger partial charge in [-0.05, 0) is 71.1 Å². The van der Waals surface area contributed by atoms with E-state index in [1.54, 1.807) is 56.0 Å². The number of nitrogens with zero attached hydrogens (tertiary/aromatic N) is 6. The van der Waals surface area contributed by atoms with Crippen LogP contribution in [0.2, 0.25) is 0 Å². The number of hydrogen-bond acceptors (Lipinski definition) is 7. The van der Waals surface area contributed by atoms with Gasteiger partial charge in [-0.25, -0.2) is 22.4 Å². The molecule has 1 saturated heterocycles. The summed E-state index contributed by atoms with van der Waals surface area (Å²) in [6, 6.07) is 12.8. The molecule has 0 saturated carbocycles. The van der Waals surface area contributed by atoms with Gasteiger partial charge in [-0.3, -0.25) is 4.68 Å². The zero-order valence-electron chi connectivity index (χ0n) is 23.1. The van der Waals surface area contributed by atoms with Crippen molar-refractivity contribution in [3.05, 3.63) is 78.5 Å². The second-order valence-corrected chi connectivity index (χ2v) is 12.3. The van der Waals surface area contributed by atoms with Crippen LogP contribution in [0.3, 0.4) is 0 Å². The molecule has 9 nitrogen and oxygen atoms in total. The van der Waals surface area contributed by atoms with Crippen molar-refractivity contribution in [3.63, 3.8) is 0 Å². The maximum atomic E-state index is 13.8. The molecular weight excluding hydrogens is 524 g/mol. The summed E-state index contributed by atoms with van der Waals surface area (Å²) < 4.78 is 36.2. The molecule has 1 aliphatic heterocycles. The van der Waals surface area contributed by atoms with Gasteiger partial charge in [0.25, 0.3) is 10.0 Å². The summed E-state index contributed by atoms with van der Waals surface area (Å²) in [5.41, 5.74) is 5.78. The highest BCUT2D eigenvalue weighted by molar-refractivity contribution is 7.90. The normalized spacial score (nSPS) is 15.1. The van der Waals surface area contributed by atoms with Crippen LogP contribution in [0, 0.1) is 13.8 Å². The van der Waals surface area contributed by atoms with Crippen molar-refractivity contribution in [2.75, 3.05) is 27.2 Å². The molecule has 5 aromatic rings. The molecule has 0 aliphatic carbocycles. The molecular formula is C30H32N6O3S. The Morgan fingerprint density at radius 3 is 2.30 bits per heavy atom. The van der Waals surface area contributed by atoms with Gasteiger partial charge in [0.05, 0.1) is 24.2 Å². The van der Waals surface area contributed by atoms with Crippen LogP contribution >= 0.6 is 0 Å². The number of aromatic nitrogens is 5. The van der Waals surface area contributed by atoms with Crippen LogP contribution in [-0.4, -0.2) is 64.3 Å². The highest BCUT2D eigenvalue weighted by Gasteiger charge is 2.25. The van der Waals surface area contributed by atoms with Gasteiger partial charge in [0.15, 0.2) is 5.65 Å². The summed E-state index contributed by atoms with van der Waals surface area (Å²) in [6.45, 7) is 6.12. The number of aryl methyl sites for hydroxylation is 1. The van der Waals surface area contributed by atoms with Crippen LogP contribution in [0.25, 0.3) is 33.3 Å². The fourth-order valence-corrected chi connectivity index (χ4v) is 6.76. The van der Waals surface area contributed by atoms with Gasteiger partial charge in [0.2, 0.25) is 5.88 Å². The molecule has 5 heterocycles. The Morgan fingerprint density at radius 1 is 0.900 bits per heavy atom. The van der Waals surface area contributed by atoms with E-state index in [2.05, 4.69) is 28.5 Å². The lowest BCUT2D eigenvalue weighted by atomic mass is 10.0. The van der Waals surface area contributed by atoms with Crippen molar-refractivity contribution in [2.24, 2.45) is 0 Å². The van der Waals surface area contributed by atoms with E-state index in [1.807, 2.05) is 25.3 Å². The van der Waals surface area contributed by atoms with Crippen LogP contribution in [0.15, 0.2) is 72.1 Å². The van der Waals surface area contributed by atoms with E-state index in [1.165, 1.54) is 3.97 Å². The second-order valence-electron chi connectivity index (χ2n) is 10.5. The molecule has 10 heteroatoms. The third-order valence-electron chi connectivity index (χ3n) is 7.84. The van der Waals surface area contributed by atoms with Crippen molar-refractivity contribution < 1.29 is 13.2 Å². The molecule has 0 amide bonds. The fraction of sp³-hybridized carbons (Fsp3) is 0.300. The molecule has 0 radical (unpaired) electrons. The Bertz CT molecular complexity index is 1780. The first-order valence-electron chi connectivity index (χ1n) is 13.3. The summed E-state index contributed by atoms with van der Waals surface area (Å²) in [5.74, 6) is 0.482.